The molecule has 2 heterocycles. The van der Waals surface area contributed by atoms with Crippen molar-refractivity contribution in [2.24, 2.45) is 0 Å². The third kappa shape index (κ3) is 2.44. The van der Waals surface area contributed by atoms with Crippen LogP contribution in [-0.2, 0) is 13.0 Å². The minimum atomic E-state index is -0.0186. The molecule has 0 bridgehead atoms. The van der Waals surface area contributed by atoms with E-state index in [1.165, 1.54) is 33.6 Å². The fourth-order valence-corrected chi connectivity index (χ4v) is 4.53. The summed E-state index contributed by atoms with van der Waals surface area (Å²) >= 11 is 1.50. The van der Waals surface area contributed by atoms with E-state index in [1.54, 1.807) is 10.5 Å². The molecule has 0 saturated carbocycles. The zero-order chi connectivity index (χ0) is 17.7. The number of rotatable bonds is 3. The van der Waals surface area contributed by atoms with Crippen LogP contribution in [0.25, 0.3) is 16.1 Å². The van der Waals surface area contributed by atoms with Crippen molar-refractivity contribution in [3.63, 3.8) is 0 Å². The molecule has 4 nitrogen and oxygen atoms in total. The first kappa shape index (κ1) is 15.3. The van der Waals surface area contributed by atoms with Gasteiger partial charge in [0.15, 0.2) is 4.96 Å². The number of hydrogen-bond donors (Lipinski definition) is 1. The Hall–Kier alpha value is -2.92. The van der Waals surface area contributed by atoms with Crippen molar-refractivity contribution in [3.8, 4) is 11.1 Å². The zero-order valence-corrected chi connectivity index (χ0v) is 15.1. The van der Waals surface area contributed by atoms with Gasteiger partial charge in [0.1, 0.15) is 0 Å². The number of thiazole rings is 1. The number of anilines is 1. The Kier molecular flexibility index (Phi) is 3.43. The molecule has 0 fully saturated rings. The summed E-state index contributed by atoms with van der Waals surface area (Å²) in [4.78, 5) is 17.6. The lowest BCUT2D eigenvalue weighted by Gasteiger charge is -2.09. The van der Waals surface area contributed by atoms with Gasteiger partial charge in [-0.3, -0.25) is 9.20 Å². The molecule has 0 radical (unpaired) electrons. The van der Waals surface area contributed by atoms with E-state index in [-0.39, 0.29) is 5.56 Å². The van der Waals surface area contributed by atoms with Crippen LogP contribution in [0, 0.1) is 6.92 Å². The Labute approximate surface area is 154 Å². The van der Waals surface area contributed by atoms with Crippen LogP contribution in [0.2, 0.25) is 0 Å². The molecule has 1 N–H and O–H groups in total. The van der Waals surface area contributed by atoms with Gasteiger partial charge in [-0.05, 0) is 47.7 Å². The number of fused-ring (bicyclic) bond motifs is 4. The number of aryl methyl sites for hydroxylation is 1. The van der Waals surface area contributed by atoms with Crippen LogP contribution in [0.15, 0.2) is 58.7 Å². The molecule has 26 heavy (non-hydrogen) atoms. The van der Waals surface area contributed by atoms with Crippen molar-refractivity contribution in [1.82, 2.24) is 9.38 Å². The molecule has 128 valence electrons. The minimum absolute atomic E-state index is 0.0186. The average molecular weight is 359 g/mol. The predicted octanol–water partition coefficient (Wildman–Crippen LogP) is 4.25. The Morgan fingerprint density at radius 2 is 1.96 bits per heavy atom. The number of aromatic nitrogens is 2. The maximum absolute atomic E-state index is 12.3. The van der Waals surface area contributed by atoms with Gasteiger partial charge in [0.2, 0.25) is 0 Å². The SMILES string of the molecule is Cc1csc2nc(CNc3ccc4c(c3)Cc3ccccc3-4)cc(=O)n12. The van der Waals surface area contributed by atoms with E-state index in [4.69, 9.17) is 0 Å². The molecule has 0 amide bonds. The molecule has 4 aromatic rings. The van der Waals surface area contributed by atoms with Gasteiger partial charge < -0.3 is 5.32 Å². The van der Waals surface area contributed by atoms with Crippen molar-refractivity contribution in [2.75, 3.05) is 5.32 Å². The molecule has 0 unspecified atom stereocenters. The van der Waals surface area contributed by atoms with Crippen molar-refractivity contribution in [1.29, 1.82) is 0 Å². The second kappa shape index (κ2) is 5.81. The van der Waals surface area contributed by atoms with E-state index in [1.807, 2.05) is 12.3 Å². The predicted molar refractivity (Wildman–Crippen MR) is 106 cm³/mol. The summed E-state index contributed by atoms with van der Waals surface area (Å²) < 4.78 is 1.65. The first-order valence-corrected chi connectivity index (χ1v) is 9.49. The number of hydrogen-bond acceptors (Lipinski definition) is 4. The summed E-state index contributed by atoms with van der Waals surface area (Å²) in [5.74, 6) is 0. The third-order valence-electron chi connectivity index (χ3n) is 4.90. The molecule has 0 spiro atoms. The van der Waals surface area contributed by atoms with Crippen molar-refractivity contribution < 1.29 is 0 Å². The van der Waals surface area contributed by atoms with Crippen LogP contribution < -0.4 is 10.9 Å². The Morgan fingerprint density at radius 3 is 2.88 bits per heavy atom. The smallest absolute Gasteiger partial charge is 0.259 e. The summed E-state index contributed by atoms with van der Waals surface area (Å²) in [5.41, 5.74) is 8.11. The van der Waals surface area contributed by atoms with Gasteiger partial charge in [-0.2, -0.15) is 0 Å². The molecular formula is C21H17N3OS. The zero-order valence-electron chi connectivity index (χ0n) is 14.3. The maximum Gasteiger partial charge on any atom is 0.259 e. The topological polar surface area (TPSA) is 46.4 Å². The average Bonchev–Trinajstić information content (AvgIpc) is 3.20. The summed E-state index contributed by atoms with van der Waals surface area (Å²) in [7, 11) is 0. The lowest BCUT2D eigenvalue weighted by atomic mass is 10.1. The van der Waals surface area contributed by atoms with Gasteiger partial charge in [-0.1, -0.05) is 30.3 Å². The van der Waals surface area contributed by atoms with Crippen molar-refractivity contribution in [2.45, 2.75) is 19.9 Å². The number of benzene rings is 2. The van der Waals surface area contributed by atoms with Crippen LogP contribution in [0.4, 0.5) is 5.69 Å². The first-order chi connectivity index (χ1) is 12.7. The fraction of sp³-hybridized carbons (Fsp3) is 0.143. The highest BCUT2D eigenvalue weighted by Gasteiger charge is 2.17. The molecule has 5 heteroatoms. The largest absolute Gasteiger partial charge is 0.379 e. The summed E-state index contributed by atoms with van der Waals surface area (Å²) in [6.07, 6.45) is 0.973. The van der Waals surface area contributed by atoms with Crippen molar-refractivity contribution in [3.05, 3.63) is 86.8 Å². The highest BCUT2D eigenvalue weighted by Crippen LogP contribution is 2.37. The van der Waals surface area contributed by atoms with Crippen LogP contribution in [0.3, 0.4) is 0 Å². The molecule has 2 aromatic carbocycles. The third-order valence-corrected chi connectivity index (χ3v) is 5.84. The fourth-order valence-electron chi connectivity index (χ4n) is 3.64. The van der Waals surface area contributed by atoms with Gasteiger partial charge in [0, 0.05) is 22.8 Å². The van der Waals surface area contributed by atoms with E-state index < -0.39 is 0 Å². The molecule has 5 rings (SSSR count). The number of nitrogens with zero attached hydrogens (tertiary/aromatic N) is 2. The van der Waals surface area contributed by atoms with E-state index in [9.17, 15) is 4.79 Å². The lowest BCUT2D eigenvalue weighted by Crippen LogP contribution is -2.16. The van der Waals surface area contributed by atoms with Crippen LogP contribution in [-0.4, -0.2) is 9.38 Å². The van der Waals surface area contributed by atoms with Crippen LogP contribution in [0.1, 0.15) is 22.5 Å². The molecule has 0 saturated heterocycles. The normalized spacial score (nSPS) is 12.2. The monoisotopic (exact) mass is 359 g/mol. The van der Waals surface area contributed by atoms with E-state index in [2.05, 4.69) is 52.8 Å². The summed E-state index contributed by atoms with van der Waals surface area (Å²) in [5, 5.41) is 5.37. The highest BCUT2D eigenvalue weighted by atomic mass is 32.1. The Balaban J connectivity index is 1.40. The molecular weight excluding hydrogens is 342 g/mol. The first-order valence-electron chi connectivity index (χ1n) is 8.61. The Morgan fingerprint density at radius 1 is 1.12 bits per heavy atom. The van der Waals surface area contributed by atoms with E-state index in [0.29, 0.717) is 6.54 Å². The maximum atomic E-state index is 12.3. The van der Waals surface area contributed by atoms with Gasteiger partial charge in [0.25, 0.3) is 5.56 Å². The minimum Gasteiger partial charge on any atom is -0.379 e. The van der Waals surface area contributed by atoms with Crippen LogP contribution >= 0.6 is 11.3 Å². The van der Waals surface area contributed by atoms with Gasteiger partial charge in [-0.25, -0.2) is 4.98 Å². The lowest BCUT2D eigenvalue weighted by molar-refractivity contribution is 0.965. The molecule has 1 aliphatic carbocycles. The van der Waals surface area contributed by atoms with Crippen LogP contribution in [0.5, 0.6) is 0 Å². The summed E-state index contributed by atoms with van der Waals surface area (Å²) in [6.45, 7) is 2.46. The second-order valence-corrected chi connectivity index (χ2v) is 7.48. The number of nitrogens with one attached hydrogen (secondary N) is 1. The second-order valence-electron chi connectivity index (χ2n) is 6.64. The molecule has 0 aliphatic heterocycles. The Bertz CT molecular complexity index is 1210. The molecule has 1 aliphatic rings. The van der Waals surface area contributed by atoms with Gasteiger partial charge >= 0.3 is 0 Å². The van der Waals surface area contributed by atoms with Gasteiger partial charge in [-0.15, -0.1) is 11.3 Å². The van der Waals surface area contributed by atoms with E-state index in [0.717, 1.165) is 28.5 Å². The van der Waals surface area contributed by atoms with Crippen molar-refractivity contribution >= 4 is 22.0 Å². The standard InChI is InChI=1S/C21H17N3OS/c1-13-12-26-21-23-17(10-20(25)24(13)21)11-22-16-6-7-19-15(9-16)8-14-4-2-3-5-18(14)19/h2-7,9-10,12,22H,8,11H2,1H3. The summed E-state index contributed by atoms with van der Waals surface area (Å²) in [6, 6.07) is 16.7. The molecule has 2 aromatic heterocycles. The highest BCUT2D eigenvalue weighted by molar-refractivity contribution is 7.15. The molecule has 0 atom stereocenters. The van der Waals surface area contributed by atoms with E-state index >= 15 is 0 Å². The van der Waals surface area contributed by atoms with Gasteiger partial charge in [0.05, 0.1) is 12.2 Å². The quantitative estimate of drug-likeness (QED) is 0.524.